The van der Waals surface area contributed by atoms with E-state index in [0.29, 0.717) is 29.4 Å². The quantitative estimate of drug-likeness (QED) is 0.762. The van der Waals surface area contributed by atoms with Gasteiger partial charge in [0.25, 0.3) is 0 Å². The van der Waals surface area contributed by atoms with E-state index in [0.717, 1.165) is 5.69 Å². The molecule has 0 fully saturated rings. The molecule has 0 amide bonds. The van der Waals surface area contributed by atoms with Crippen molar-refractivity contribution < 1.29 is 9.13 Å². The Morgan fingerprint density at radius 3 is 2.65 bits per heavy atom. The topological polar surface area (TPSA) is 47.0 Å². The number of anilines is 1. The minimum atomic E-state index is -0.287. The van der Waals surface area contributed by atoms with E-state index < -0.39 is 0 Å². The van der Waals surface area contributed by atoms with E-state index in [-0.39, 0.29) is 5.82 Å². The molecule has 1 aromatic carbocycles. The maximum Gasteiger partial charge on any atom is 0.132 e. The van der Waals surface area contributed by atoms with Gasteiger partial charge in [-0.3, -0.25) is 4.98 Å². The van der Waals surface area contributed by atoms with E-state index in [1.165, 1.54) is 6.07 Å². The van der Waals surface area contributed by atoms with Crippen LogP contribution in [0, 0.1) is 12.7 Å². The van der Waals surface area contributed by atoms with E-state index >= 15 is 0 Å². The van der Waals surface area contributed by atoms with Crippen LogP contribution >= 0.6 is 0 Å². The predicted octanol–water partition coefficient (Wildman–Crippen LogP) is 4.33. The standard InChI is InChI=1S/C18H16FN3O/c1-13-5-6-15(10-17(13)19)23-16-7-9-21-18(11-16)22-12-14-4-2-3-8-20-14/h2-11H,12H2,1H3,(H,21,22). The van der Waals surface area contributed by atoms with Gasteiger partial charge in [-0.2, -0.15) is 0 Å². The maximum absolute atomic E-state index is 13.6. The van der Waals surface area contributed by atoms with E-state index in [2.05, 4.69) is 15.3 Å². The summed E-state index contributed by atoms with van der Waals surface area (Å²) in [5.41, 5.74) is 1.51. The number of aryl methyl sites for hydroxylation is 1. The van der Waals surface area contributed by atoms with Crippen molar-refractivity contribution in [2.24, 2.45) is 0 Å². The van der Waals surface area contributed by atoms with Crippen LogP contribution in [0.5, 0.6) is 11.5 Å². The smallest absolute Gasteiger partial charge is 0.132 e. The number of ether oxygens (including phenoxy) is 1. The molecule has 0 bridgehead atoms. The summed E-state index contributed by atoms with van der Waals surface area (Å²) in [6, 6.07) is 14.0. The first-order chi connectivity index (χ1) is 11.2. The molecular weight excluding hydrogens is 293 g/mol. The van der Waals surface area contributed by atoms with Crippen LogP contribution in [0.15, 0.2) is 60.9 Å². The van der Waals surface area contributed by atoms with Gasteiger partial charge in [0.15, 0.2) is 0 Å². The van der Waals surface area contributed by atoms with Crippen molar-refractivity contribution in [2.45, 2.75) is 13.5 Å². The van der Waals surface area contributed by atoms with Gasteiger partial charge in [-0.1, -0.05) is 12.1 Å². The number of halogens is 1. The Labute approximate surface area is 134 Å². The molecule has 0 unspecified atom stereocenters. The highest BCUT2D eigenvalue weighted by Crippen LogP contribution is 2.24. The lowest BCUT2D eigenvalue weighted by molar-refractivity contribution is 0.475. The van der Waals surface area contributed by atoms with E-state index in [4.69, 9.17) is 4.74 Å². The van der Waals surface area contributed by atoms with Gasteiger partial charge >= 0.3 is 0 Å². The van der Waals surface area contributed by atoms with Crippen molar-refractivity contribution in [3.05, 3.63) is 78.0 Å². The summed E-state index contributed by atoms with van der Waals surface area (Å²) in [7, 11) is 0. The van der Waals surface area contributed by atoms with Gasteiger partial charge in [0, 0.05) is 24.5 Å². The summed E-state index contributed by atoms with van der Waals surface area (Å²) in [5.74, 6) is 1.42. The number of nitrogens with one attached hydrogen (secondary N) is 1. The zero-order chi connectivity index (χ0) is 16.1. The van der Waals surface area contributed by atoms with Crippen LogP contribution in [0.4, 0.5) is 10.2 Å². The number of pyridine rings is 2. The second-order valence-electron chi connectivity index (χ2n) is 5.06. The second-order valence-corrected chi connectivity index (χ2v) is 5.06. The molecular formula is C18H16FN3O. The summed E-state index contributed by atoms with van der Waals surface area (Å²) in [6.07, 6.45) is 3.39. The molecule has 4 nitrogen and oxygen atoms in total. The normalized spacial score (nSPS) is 10.3. The molecule has 3 rings (SSSR count). The fourth-order valence-electron chi connectivity index (χ4n) is 2.03. The second kappa shape index (κ2) is 6.87. The summed E-state index contributed by atoms with van der Waals surface area (Å²) in [5, 5.41) is 3.18. The van der Waals surface area contributed by atoms with Gasteiger partial charge in [0.1, 0.15) is 23.1 Å². The Morgan fingerprint density at radius 1 is 1.00 bits per heavy atom. The Balaban J connectivity index is 1.68. The number of hydrogen-bond donors (Lipinski definition) is 1. The van der Waals surface area contributed by atoms with Crippen LogP contribution in [0.25, 0.3) is 0 Å². The Hall–Kier alpha value is -2.95. The fraction of sp³-hybridized carbons (Fsp3) is 0.111. The monoisotopic (exact) mass is 309 g/mol. The van der Waals surface area contributed by atoms with Gasteiger partial charge in [-0.15, -0.1) is 0 Å². The summed E-state index contributed by atoms with van der Waals surface area (Å²) in [4.78, 5) is 8.47. The first-order valence-electron chi connectivity index (χ1n) is 7.24. The van der Waals surface area contributed by atoms with Gasteiger partial charge in [-0.25, -0.2) is 9.37 Å². The molecule has 0 spiro atoms. The van der Waals surface area contributed by atoms with E-state index in [1.807, 2.05) is 18.2 Å². The van der Waals surface area contributed by atoms with Crippen molar-refractivity contribution in [1.82, 2.24) is 9.97 Å². The zero-order valence-corrected chi connectivity index (χ0v) is 12.7. The van der Waals surface area contributed by atoms with Crippen molar-refractivity contribution in [3.8, 4) is 11.5 Å². The van der Waals surface area contributed by atoms with Gasteiger partial charge < -0.3 is 10.1 Å². The highest BCUT2D eigenvalue weighted by Gasteiger charge is 2.03. The molecule has 0 aliphatic carbocycles. The highest BCUT2D eigenvalue weighted by atomic mass is 19.1. The van der Waals surface area contributed by atoms with Crippen molar-refractivity contribution in [2.75, 3.05) is 5.32 Å². The largest absolute Gasteiger partial charge is 0.457 e. The molecule has 0 aliphatic rings. The molecule has 3 aromatic rings. The molecule has 0 radical (unpaired) electrons. The van der Waals surface area contributed by atoms with E-state index in [9.17, 15) is 4.39 Å². The van der Waals surface area contributed by atoms with Crippen LogP contribution in [-0.2, 0) is 6.54 Å². The minimum absolute atomic E-state index is 0.287. The molecule has 5 heteroatoms. The maximum atomic E-state index is 13.6. The molecule has 0 aliphatic heterocycles. The first-order valence-corrected chi connectivity index (χ1v) is 7.24. The SMILES string of the molecule is Cc1ccc(Oc2ccnc(NCc3ccccn3)c2)cc1F. The Kier molecular flexibility index (Phi) is 4.47. The highest BCUT2D eigenvalue weighted by molar-refractivity contribution is 5.43. The molecule has 2 aromatic heterocycles. The van der Waals surface area contributed by atoms with Crippen LogP contribution in [0.1, 0.15) is 11.3 Å². The van der Waals surface area contributed by atoms with Crippen molar-refractivity contribution in [3.63, 3.8) is 0 Å². The Morgan fingerprint density at radius 2 is 1.87 bits per heavy atom. The molecule has 0 saturated carbocycles. The number of rotatable bonds is 5. The number of hydrogen-bond acceptors (Lipinski definition) is 4. The zero-order valence-electron chi connectivity index (χ0n) is 12.7. The number of nitrogens with zero attached hydrogens (tertiary/aromatic N) is 2. The van der Waals surface area contributed by atoms with Crippen LogP contribution in [0.2, 0.25) is 0 Å². The third kappa shape index (κ3) is 4.03. The Bertz CT molecular complexity index is 793. The average molecular weight is 309 g/mol. The van der Waals surface area contributed by atoms with Crippen LogP contribution in [0.3, 0.4) is 0 Å². The summed E-state index contributed by atoms with van der Waals surface area (Å²) in [6.45, 7) is 2.28. The summed E-state index contributed by atoms with van der Waals surface area (Å²) >= 11 is 0. The van der Waals surface area contributed by atoms with Crippen LogP contribution < -0.4 is 10.1 Å². The first kappa shape index (κ1) is 15.0. The van der Waals surface area contributed by atoms with Crippen LogP contribution in [-0.4, -0.2) is 9.97 Å². The van der Waals surface area contributed by atoms with Gasteiger partial charge in [0.2, 0.25) is 0 Å². The predicted molar refractivity (Wildman–Crippen MR) is 87.0 cm³/mol. The third-order valence-corrected chi connectivity index (χ3v) is 3.29. The average Bonchev–Trinajstić information content (AvgIpc) is 2.58. The number of benzene rings is 1. The fourth-order valence-corrected chi connectivity index (χ4v) is 2.03. The van der Waals surface area contributed by atoms with Crippen molar-refractivity contribution in [1.29, 1.82) is 0 Å². The van der Waals surface area contributed by atoms with Gasteiger partial charge in [-0.05, 0) is 36.8 Å². The van der Waals surface area contributed by atoms with E-state index in [1.54, 1.807) is 43.6 Å². The minimum Gasteiger partial charge on any atom is -0.457 e. The molecule has 0 atom stereocenters. The molecule has 0 saturated heterocycles. The van der Waals surface area contributed by atoms with Gasteiger partial charge in [0.05, 0.1) is 12.2 Å². The summed E-state index contributed by atoms with van der Waals surface area (Å²) < 4.78 is 19.2. The molecule has 23 heavy (non-hydrogen) atoms. The van der Waals surface area contributed by atoms with Crippen molar-refractivity contribution >= 4 is 5.82 Å². The third-order valence-electron chi connectivity index (χ3n) is 3.29. The molecule has 116 valence electrons. The lowest BCUT2D eigenvalue weighted by atomic mass is 10.2. The lowest BCUT2D eigenvalue weighted by Crippen LogP contribution is -2.02. The molecule has 2 heterocycles. The lowest BCUT2D eigenvalue weighted by Gasteiger charge is -2.09. The number of aromatic nitrogens is 2. The molecule has 1 N–H and O–H groups in total.